The first-order valence-corrected chi connectivity index (χ1v) is 9.55. The van der Waals surface area contributed by atoms with Crippen LogP contribution in [0.25, 0.3) is 10.9 Å². The van der Waals surface area contributed by atoms with Crippen molar-refractivity contribution in [1.82, 2.24) is 9.88 Å². The molecule has 0 saturated carbocycles. The standard InChI is InChI=1S/C21H17ClFN3O2/c22-12-5-6-16-14(9-12)13-7-8-25(11-17(13)24-16)19-10-20(27)26(21(19)28)18-4-2-1-3-15(18)23/h1-6,9,19,24H,7-8,10-11H2/t19-/m0/s1. The first-order chi connectivity index (χ1) is 13.5. The lowest BCUT2D eigenvalue weighted by Gasteiger charge is -2.30. The van der Waals surface area contributed by atoms with Crippen LogP contribution in [0.1, 0.15) is 17.7 Å². The van der Waals surface area contributed by atoms with Gasteiger partial charge in [0.1, 0.15) is 5.82 Å². The van der Waals surface area contributed by atoms with Crippen LogP contribution in [0.5, 0.6) is 0 Å². The highest BCUT2D eigenvalue weighted by Gasteiger charge is 2.44. The van der Waals surface area contributed by atoms with Crippen molar-refractivity contribution in [3.8, 4) is 0 Å². The van der Waals surface area contributed by atoms with Gasteiger partial charge >= 0.3 is 0 Å². The number of aromatic nitrogens is 1. The lowest BCUT2D eigenvalue weighted by Crippen LogP contribution is -2.44. The van der Waals surface area contributed by atoms with E-state index in [2.05, 4.69) is 4.98 Å². The summed E-state index contributed by atoms with van der Waals surface area (Å²) < 4.78 is 14.1. The Kier molecular flexibility index (Phi) is 4.00. The molecule has 7 heteroatoms. The summed E-state index contributed by atoms with van der Waals surface area (Å²) >= 11 is 6.13. The molecule has 2 aliphatic rings. The van der Waals surface area contributed by atoms with Gasteiger partial charge in [0.05, 0.1) is 18.2 Å². The van der Waals surface area contributed by atoms with Gasteiger partial charge in [-0.1, -0.05) is 23.7 Å². The number of amides is 2. The van der Waals surface area contributed by atoms with E-state index in [1.54, 1.807) is 6.07 Å². The van der Waals surface area contributed by atoms with Crippen LogP contribution in [-0.4, -0.2) is 34.3 Å². The smallest absolute Gasteiger partial charge is 0.251 e. The number of hydrogen-bond acceptors (Lipinski definition) is 3. The van der Waals surface area contributed by atoms with E-state index in [1.165, 1.54) is 23.8 Å². The van der Waals surface area contributed by atoms with Crippen LogP contribution >= 0.6 is 11.6 Å². The SMILES string of the molecule is O=C1C[C@H](N2CCc3c([nH]c4ccc(Cl)cc34)C2)C(=O)N1c1ccccc1F. The summed E-state index contributed by atoms with van der Waals surface area (Å²) in [6, 6.07) is 11.0. The maximum absolute atomic E-state index is 14.1. The minimum Gasteiger partial charge on any atom is -0.357 e. The van der Waals surface area contributed by atoms with Crippen molar-refractivity contribution >= 4 is 40.0 Å². The van der Waals surface area contributed by atoms with E-state index in [0.29, 0.717) is 18.1 Å². The number of benzene rings is 2. The van der Waals surface area contributed by atoms with Gasteiger partial charge in [-0.2, -0.15) is 0 Å². The summed E-state index contributed by atoms with van der Waals surface area (Å²) in [6.07, 6.45) is 0.821. The highest BCUT2D eigenvalue weighted by atomic mass is 35.5. The highest BCUT2D eigenvalue weighted by molar-refractivity contribution is 6.31. The van der Waals surface area contributed by atoms with Crippen LogP contribution in [0.15, 0.2) is 42.5 Å². The average Bonchev–Trinajstić information content (AvgIpc) is 3.18. The fourth-order valence-corrected chi connectivity index (χ4v) is 4.46. The van der Waals surface area contributed by atoms with Crippen molar-refractivity contribution in [3.63, 3.8) is 0 Å². The van der Waals surface area contributed by atoms with E-state index in [-0.39, 0.29) is 23.9 Å². The maximum Gasteiger partial charge on any atom is 0.251 e. The molecule has 2 amide bonds. The number of halogens is 2. The quantitative estimate of drug-likeness (QED) is 0.671. The first-order valence-electron chi connectivity index (χ1n) is 9.17. The summed E-state index contributed by atoms with van der Waals surface area (Å²) in [5, 5.41) is 1.79. The molecule has 1 atom stereocenters. The van der Waals surface area contributed by atoms with E-state index in [1.807, 2.05) is 23.1 Å². The molecule has 0 aliphatic carbocycles. The molecule has 0 unspecified atom stereocenters. The highest BCUT2D eigenvalue weighted by Crippen LogP contribution is 2.33. The zero-order valence-electron chi connectivity index (χ0n) is 14.9. The van der Waals surface area contributed by atoms with Gasteiger partial charge < -0.3 is 4.98 Å². The largest absolute Gasteiger partial charge is 0.357 e. The number of carbonyl (C=O) groups is 2. The van der Waals surface area contributed by atoms with E-state index < -0.39 is 11.9 Å². The number of hydrogen-bond donors (Lipinski definition) is 1. The summed E-state index contributed by atoms with van der Waals surface area (Å²) in [5.41, 5.74) is 3.28. The molecule has 0 radical (unpaired) electrons. The van der Waals surface area contributed by atoms with E-state index in [9.17, 15) is 14.0 Å². The van der Waals surface area contributed by atoms with Gasteiger partial charge in [-0.05, 0) is 42.3 Å². The number of nitrogens with zero attached hydrogens (tertiary/aromatic N) is 2. The van der Waals surface area contributed by atoms with Crippen molar-refractivity contribution in [2.45, 2.75) is 25.4 Å². The Bertz CT molecular complexity index is 1130. The Morgan fingerprint density at radius 1 is 1.14 bits per heavy atom. The molecule has 1 aromatic heterocycles. The van der Waals surface area contributed by atoms with Crippen molar-refractivity contribution < 1.29 is 14.0 Å². The number of H-pyrrole nitrogens is 1. The topological polar surface area (TPSA) is 56.4 Å². The number of aromatic amines is 1. The van der Waals surface area contributed by atoms with Crippen molar-refractivity contribution in [1.29, 1.82) is 0 Å². The van der Waals surface area contributed by atoms with E-state index in [4.69, 9.17) is 11.6 Å². The zero-order valence-corrected chi connectivity index (χ0v) is 15.7. The third-order valence-corrected chi connectivity index (χ3v) is 5.86. The summed E-state index contributed by atoms with van der Waals surface area (Å²) in [7, 11) is 0. The van der Waals surface area contributed by atoms with Crippen LogP contribution in [0, 0.1) is 5.82 Å². The number of para-hydroxylation sites is 1. The molecule has 1 N–H and O–H groups in total. The minimum absolute atomic E-state index is 0.0259. The Balaban J connectivity index is 1.44. The molecule has 5 rings (SSSR count). The predicted octanol–water partition coefficient (Wildman–Crippen LogP) is 3.65. The minimum atomic E-state index is -0.574. The Hall–Kier alpha value is -2.70. The van der Waals surface area contributed by atoms with Gasteiger partial charge in [-0.25, -0.2) is 9.29 Å². The van der Waals surface area contributed by atoms with Crippen molar-refractivity contribution in [2.24, 2.45) is 0 Å². The lowest BCUT2D eigenvalue weighted by atomic mass is 10.0. The van der Waals surface area contributed by atoms with Gasteiger partial charge in [-0.3, -0.25) is 14.5 Å². The van der Waals surface area contributed by atoms with Gasteiger partial charge in [0.25, 0.3) is 5.91 Å². The molecular weight excluding hydrogens is 381 g/mol. The van der Waals surface area contributed by atoms with Gasteiger partial charge in [0.15, 0.2) is 0 Å². The summed E-state index contributed by atoms with van der Waals surface area (Å²) in [6.45, 7) is 1.19. The van der Waals surface area contributed by atoms with Gasteiger partial charge in [0.2, 0.25) is 5.91 Å². The number of anilines is 1. The van der Waals surface area contributed by atoms with E-state index >= 15 is 0 Å². The second-order valence-corrected chi connectivity index (χ2v) is 7.67. The third-order valence-electron chi connectivity index (χ3n) is 5.62. The number of rotatable bonds is 2. The molecule has 0 spiro atoms. The molecule has 0 bridgehead atoms. The molecule has 28 heavy (non-hydrogen) atoms. The Morgan fingerprint density at radius 3 is 2.79 bits per heavy atom. The van der Waals surface area contributed by atoms with Crippen LogP contribution in [0.2, 0.25) is 5.02 Å². The number of nitrogens with one attached hydrogen (secondary N) is 1. The monoisotopic (exact) mass is 397 g/mol. The molecule has 3 heterocycles. The lowest BCUT2D eigenvalue weighted by molar-refractivity contribution is -0.123. The third kappa shape index (κ3) is 2.64. The van der Waals surface area contributed by atoms with Gasteiger partial charge in [0, 0.05) is 34.7 Å². The van der Waals surface area contributed by atoms with Crippen molar-refractivity contribution in [2.75, 3.05) is 11.4 Å². The fraction of sp³-hybridized carbons (Fsp3) is 0.238. The zero-order chi connectivity index (χ0) is 19.4. The molecular formula is C21H17ClFN3O2. The van der Waals surface area contributed by atoms with Crippen LogP contribution in [-0.2, 0) is 22.6 Å². The molecule has 142 valence electrons. The molecule has 1 saturated heterocycles. The van der Waals surface area contributed by atoms with Crippen LogP contribution in [0.3, 0.4) is 0 Å². The first kappa shape index (κ1) is 17.4. The van der Waals surface area contributed by atoms with E-state index in [0.717, 1.165) is 27.9 Å². The van der Waals surface area contributed by atoms with Gasteiger partial charge in [-0.15, -0.1) is 0 Å². The number of fused-ring (bicyclic) bond motifs is 3. The molecule has 2 aromatic carbocycles. The number of imide groups is 1. The van der Waals surface area contributed by atoms with Crippen LogP contribution in [0.4, 0.5) is 10.1 Å². The fourth-order valence-electron chi connectivity index (χ4n) is 4.29. The van der Waals surface area contributed by atoms with Crippen LogP contribution < -0.4 is 4.90 Å². The second kappa shape index (κ2) is 6.43. The molecule has 3 aromatic rings. The maximum atomic E-state index is 14.1. The molecule has 5 nitrogen and oxygen atoms in total. The molecule has 2 aliphatic heterocycles. The summed E-state index contributed by atoms with van der Waals surface area (Å²) in [4.78, 5) is 31.9. The average molecular weight is 398 g/mol. The molecule has 1 fully saturated rings. The summed E-state index contributed by atoms with van der Waals surface area (Å²) in [5.74, 6) is -1.30. The second-order valence-electron chi connectivity index (χ2n) is 7.23. The Morgan fingerprint density at radius 2 is 1.96 bits per heavy atom. The number of carbonyl (C=O) groups excluding carboxylic acids is 2. The Labute approximate surface area is 165 Å². The predicted molar refractivity (Wildman–Crippen MR) is 105 cm³/mol. The normalized spacial score (nSPS) is 20.2. The van der Waals surface area contributed by atoms with Crippen molar-refractivity contribution in [3.05, 3.63) is 64.6 Å².